The summed E-state index contributed by atoms with van der Waals surface area (Å²) in [6.45, 7) is 4.74. The minimum Gasteiger partial charge on any atom is -0.354 e. The number of hydrogen-bond acceptors (Lipinski definition) is 2. The van der Waals surface area contributed by atoms with Crippen LogP contribution >= 0.6 is 24.0 Å². The van der Waals surface area contributed by atoms with E-state index in [1.54, 1.807) is 0 Å². The Balaban J connectivity index is 0.00000242. The quantitative estimate of drug-likeness (QED) is 0.826. The fourth-order valence-electron chi connectivity index (χ4n) is 2.86. The van der Waals surface area contributed by atoms with E-state index in [1.807, 2.05) is 19.1 Å². The van der Waals surface area contributed by atoms with Gasteiger partial charge in [0.1, 0.15) is 0 Å². The SMILES string of the molecule is CCC(C)C(N)C(=O)NCC1(c2ccc(Cl)cc2)CCC1.Cl. The number of nitrogens with two attached hydrogens (primary N) is 1. The van der Waals surface area contributed by atoms with Gasteiger partial charge >= 0.3 is 0 Å². The van der Waals surface area contributed by atoms with Crippen LogP contribution in [-0.2, 0) is 10.2 Å². The molecule has 0 heterocycles. The van der Waals surface area contributed by atoms with Crippen LogP contribution in [0.25, 0.3) is 0 Å². The minimum absolute atomic E-state index is 0. The molecule has 3 N–H and O–H groups in total. The highest BCUT2D eigenvalue weighted by Crippen LogP contribution is 2.43. The van der Waals surface area contributed by atoms with E-state index in [4.69, 9.17) is 17.3 Å². The molecule has 0 aliphatic heterocycles. The first-order valence-corrected chi connectivity index (χ1v) is 8.15. The van der Waals surface area contributed by atoms with Gasteiger partial charge < -0.3 is 11.1 Å². The summed E-state index contributed by atoms with van der Waals surface area (Å²) in [7, 11) is 0. The predicted octanol–water partition coefficient (Wildman–Crippen LogP) is 3.67. The van der Waals surface area contributed by atoms with Gasteiger partial charge in [-0.3, -0.25) is 4.79 Å². The van der Waals surface area contributed by atoms with Crippen LogP contribution in [0.15, 0.2) is 24.3 Å². The second-order valence-electron chi connectivity index (χ2n) is 6.27. The molecule has 1 aliphatic rings. The van der Waals surface area contributed by atoms with E-state index >= 15 is 0 Å². The lowest BCUT2D eigenvalue weighted by molar-refractivity contribution is -0.123. The maximum Gasteiger partial charge on any atom is 0.237 e. The number of amides is 1. The van der Waals surface area contributed by atoms with Crippen molar-refractivity contribution in [2.75, 3.05) is 6.54 Å². The van der Waals surface area contributed by atoms with Crippen LogP contribution in [0.5, 0.6) is 0 Å². The second-order valence-corrected chi connectivity index (χ2v) is 6.71. The van der Waals surface area contributed by atoms with Crippen molar-refractivity contribution in [3.8, 4) is 0 Å². The lowest BCUT2D eigenvalue weighted by Crippen LogP contribution is -2.51. The number of halogens is 2. The molecule has 0 radical (unpaired) electrons. The van der Waals surface area contributed by atoms with E-state index in [0.717, 1.165) is 24.3 Å². The molecule has 0 bridgehead atoms. The van der Waals surface area contributed by atoms with E-state index in [0.29, 0.717) is 6.54 Å². The van der Waals surface area contributed by atoms with Crippen molar-refractivity contribution in [2.24, 2.45) is 11.7 Å². The molecule has 1 aliphatic carbocycles. The zero-order valence-electron chi connectivity index (χ0n) is 13.3. The third-order valence-electron chi connectivity index (χ3n) is 4.93. The number of carbonyl (C=O) groups excluding carboxylic acids is 1. The molecule has 2 rings (SSSR count). The van der Waals surface area contributed by atoms with Gasteiger partial charge in [-0.05, 0) is 36.5 Å². The molecule has 2 atom stereocenters. The molecule has 0 saturated heterocycles. The van der Waals surface area contributed by atoms with Crippen molar-refractivity contribution in [3.05, 3.63) is 34.9 Å². The summed E-state index contributed by atoms with van der Waals surface area (Å²) in [6, 6.07) is 7.56. The Morgan fingerprint density at radius 1 is 1.36 bits per heavy atom. The normalized spacial score (nSPS) is 18.5. The number of benzene rings is 1. The van der Waals surface area contributed by atoms with Crippen LogP contribution < -0.4 is 11.1 Å². The molecule has 1 aromatic carbocycles. The van der Waals surface area contributed by atoms with Crippen LogP contribution in [0.1, 0.15) is 45.1 Å². The third-order valence-corrected chi connectivity index (χ3v) is 5.18. The number of nitrogens with one attached hydrogen (secondary N) is 1. The maximum absolute atomic E-state index is 12.2. The Morgan fingerprint density at radius 3 is 2.41 bits per heavy atom. The standard InChI is InChI=1S/C17H25ClN2O.ClH/c1-3-12(2)15(19)16(21)20-11-17(9-4-10-17)13-5-7-14(18)8-6-13;/h5-8,12,15H,3-4,9-11,19H2,1-2H3,(H,20,21);1H. The van der Waals surface area contributed by atoms with Gasteiger partial charge in [-0.2, -0.15) is 0 Å². The molecular formula is C17H26Cl2N2O. The minimum atomic E-state index is -0.419. The highest BCUT2D eigenvalue weighted by molar-refractivity contribution is 6.30. The number of rotatable bonds is 6. The molecule has 1 saturated carbocycles. The molecule has 3 nitrogen and oxygen atoms in total. The molecule has 0 spiro atoms. The summed E-state index contributed by atoms with van der Waals surface area (Å²) >= 11 is 5.96. The molecular weight excluding hydrogens is 319 g/mol. The summed E-state index contributed by atoms with van der Waals surface area (Å²) < 4.78 is 0. The van der Waals surface area contributed by atoms with Crippen LogP contribution in [0, 0.1) is 5.92 Å². The van der Waals surface area contributed by atoms with Crippen molar-refractivity contribution in [3.63, 3.8) is 0 Å². The van der Waals surface area contributed by atoms with E-state index in [9.17, 15) is 4.79 Å². The molecule has 22 heavy (non-hydrogen) atoms. The van der Waals surface area contributed by atoms with Crippen LogP contribution in [0.4, 0.5) is 0 Å². The van der Waals surface area contributed by atoms with Gasteiger partial charge in [0.15, 0.2) is 0 Å². The lowest BCUT2D eigenvalue weighted by atomic mass is 9.64. The first-order chi connectivity index (χ1) is 9.98. The first kappa shape index (κ1) is 19.3. The topological polar surface area (TPSA) is 55.1 Å². The molecule has 1 fully saturated rings. The fraction of sp³-hybridized carbons (Fsp3) is 0.588. The van der Waals surface area contributed by atoms with Gasteiger partial charge in [-0.15, -0.1) is 12.4 Å². The maximum atomic E-state index is 12.2. The van der Waals surface area contributed by atoms with Gasteiger partial charge in [-0.25, -0.2) is 0 Å². The first-order valence-electron chi connectivity index (χ1n) is 7.78. The smallest absolute Gasteiger partial charge is 0.237 e. The molecule has 1 aromatic rings. The summed E-state index contributed by atoms with van der Waals surface area (Å²) in [6.07, 6.45) is 4.33. The van der Waals surface area contributed by atoms with Gasteiger partial charge in [-0.1, -0.05) is 50.4 Å². The highest BCUT2D eigenvalue weighted by Gasteiger charge is 2.39. The zero-order chi connectivity index (χ0) is 15.5. The third kappa shape index (κ3) is 4.15. The van der Waals surface area contributed by atoms with Gasteiger partial charge in [0.25, 0.3) is 0 Å². The molecule has 5 heteroatoms. The Labute approximate surface area is 144 Å². The monoisotopic (exact) mass is 344 g/mol. The second kappa shape index (κ2) is 8.19. The summed E-state index contributed by atoms with van der Waals surface area (Å²) in [5.41, 5.74) is 7.31. The van der Waals surface area contributed by atoms with E-state index in [1.165, 1.54) is 12.0 Å². The zero-order valence-corrected chi connectivity index (χ0v) is 14.8. The molecule has 2 unspecified atom stereocenters. The Bertz CT molecular complexity index is 486. The van der Waals surface area contributed by atoms with Crippen LogP contribution in [0.2, 0.25) is 5.02 Å². The highest BCUT2D eigenvalue weighted by atomic mass is 35.5. The summed E-state index contributed by atoms with van der Waals surface area (Å²) in [5, 5.41) is 3.80. The van der Waals surface area contributed by atoms with Crippen molar-refractivity contribution in [1.82, 2.24) is 5.32 Å². The van der Waals surface area contributed by atoms with Crippen molar-refractivity contribution < 1.29 is 4.79 Å². The summed E-state index contributed by atoms with van der Waals surface area (Å²) in [4.78, 5) is 12.2. The fourth-order valence-corrected chi connectivity index (χ4v) is 2.99. The van der Waals surface area contributed by atoms with Gasteiger partial charge in [0, 0.05) is 17.0 Å². The Hall–Kier alpha value is -0.770. The average Bonchev–Trinajstić information content (AvgIpc) is 2.45. The van der Waals surface area contributed by atoms with Crippen molar-refractivity contribution >= 4 is 29.9 Å². The number of carbonyl (C=O) groups is 1. The largest absolute Gasteiger partial charge is 0.354 e. The van der Waals surface area contributed by atoms with Crippen molar-refractivity contribution in [1.29, 1.82) is 0 Å². The van der Waals surface area contributed by atoms with E-state index in [-0.39, 0.29) is 29.6 Å². The predicted molar refractivity (Wildman–Crippen MR) is 94.7 cm³/mol. The van der Waals surface area contributed by atoms with Crippen LogP contribution in [0.3, 0.4) is 0 Å². The van der Waals surface area contributed by atoms with E-state index < -0.39 is 6.04 Å². The molecule has 124 valence electrons. The Kier molecular flexibility index (Phi) is 7.17. The summed E-state index contributed by atoms with van der Waals surface area (Å²) in [5.74, 6) is 0.169. The van der Waals surface area contributed by atoms with Gasteiger partial charge in [0.05, 0.1) is 6.04 Å². The van der Waals surface area contributed by atoms with Gasteiger partial charge in [0.2, 0.25) is 5.91 Å². The molecule has 1 amide bonds. The Morgan fingerprint density at radius 2 is 1.95 bits per heavy atom. The van der Waals surface area contributed by atoms with Crippen LogP contribution in [-0.4, -0.2) is 18.5 Å². The number of hydrogen-bond donors (Lipinski definition) is 2. The van der Waals surface area contributed by atoms with Crippen molar-refractivity contribution in [2.45, 2.75) is 51.0 Å². The lowest BCUT2D eigenvalue weighted by Gasteiger charge is -2.43. The molecule has 0 aromatic heterocycles. The van der Waals surface area contributed by atoms with E-state index in [2.05, 4.69) is 24.4 Å². The average molecular weight is 345 g/mol.